The molecule has 88 valence electrons. The van der Waals surface area contributed by atoms with Crippen molar-refractivity contribution >= 4 is 17.6 Å². The van der Waals surface area contributed by atoms with Gasteiger partial charge in [-0.05, 0) is 0 Å². The molecule has 7 heteroatoms. The summed E-state index contributed by atoms with van der Waals surface area (Å²) in [5.41, 5.74) is 11.1. The van der Waals surface area contributed by atoms with Crippen LogP contribution in [0, 0.1) is 0 Å². The second-order valence-electron chi connectivity index (χ2n) is 3.61. The molecule has 2 heterocycles. The summed E-state index contributed by atoms with van der Waals surface area (Å²) in [6.45, 7) is 1.73. The Morgan fingerprint density at radius 3 is 3.00 bits per heavy atom. The minimum atomic E-state index is -0.109. The van der Waals surface area contributed by atoms with Gasteiger partial charge in [-0.3, -0.25) is 0 Å². The highest BCUT2D eigenvalue weighted by Crippen LogP contribution is 2.19. The van der Waals surface area contributed by atoms with Crippen molar-refractivity contribution in [2.24, 2.45) is 0 Å². The summed E-state index contributed by atoms with van der Waals surface area (Å²) in [4.78, 5) is 9.83. The Balaban J connectivity index is 2.26. The fraction of sp³-hybridized carbons (Fsp3) is 0.556. The lowest BCUT2D eigenvalue weighted by molar-refractivity contribution is 0.0723. The molecule has 0 aromatic carbocycles. The molecule has 2 rings (SSSR count). The summed E-state index contributed by atoms with van der Waals surface area (Å²) >= 11 is 0. The number of ether oxygens (including phenoxy) is 1. The van der Waals surface area contributed by atoms with Crippen LogP contribution < -0.4 is 16.4 Å². The van der Waals surface area contributed by atoms with Crippen LogP contribution in [0.5, 0.6) is 0 Å². The molecule has 7 nitrogen and oxygen atoms in total. The molecular formula is C9H15N5O2. The predicted molar refractivity (Wildman–Crippen MR) is 59.9 cm³/mol. The minimum absolute atomic E-state index is 0.00378. The molecule has 1 aliphatic rings. The zero-order chi connectivity index (χ0) is 11.5. The van der Waals surface area contributed by atoms with Crippen molar-refractivity contribution < 1.29 is 9.84 Å². The smallest absolute Gasteiger partial charge is 0.223 e. The highest BCUT2D eigenvalue weighted by molar-refractivity contribution is 5.51. The molecule has 0 spiro atoms. The topological polar surface area (TPSA) is 111 Å². The van der Waals surface area contributed by atoms with Crippen molar-refractivity contribution in [3.05, 3.63) is 6.07 Å². The van der Waals surface area contributed by atoms with Crippen molar-refractivity contribution in [3.8, 4) is 0 Å². The van der Waals surface area contributed by atoms with E-state index >= 15 is 0 Å². The summed E-state index contributed by atoms with van der Waals surface area (Å²) in [6.07, 6.45) is 0. The Morgan fingerprint density at radius 1 is 1.50 bits per heavy atom. The summed E-state index contributed by atoms with van der Waals surface area (Å²) in [5.74, 6) is 1.09. The maximum Gasteiger partial charge on any atom is 0.223 e. The van der Waals surface area contributed by atoms with Crippen LogP contribution in [0.2, 0.25) is 0 Å². The minimum Gasteiger partial charge on any atom is -0.394 e. The Morgan fingerprint density at radius 2 is 2.31 bits per heavy atom. The van der Waals surface area contributed by atoms with Crippen LogP contribution >= 0.6 is 0 Å². The van der Waals surface area contributed by atoms with Gasteiger partial charge in [-0.1, -0.05) is 0 Å². The molecule has 1 aromatic rings. The van der Waals surface area contributed by atoms with Crippen LogP contribution in [0.4, 0.5) is 17.6 Å². The van der Waals surface area contributed by atoms with Gasteiger partial charge in [0.15, 0.2) is 0 Å². The largest absolute Gasteiger partial charge is 0.394 e. The molecular weight excluding hydrogens is 210 g/mol. The van der Waals surface area contributed by atoms with E-state index in [1.54, 1.807) is 6.07 Å². The van der Waals surface area contributed by atoms with Gasteiger partial charge in [-0.15, -0.1) is 0 Å². The van der Waals surface area contributed by atoms with Crippen LogP contribution in [0.3, 0.4) is 0 Å². The summed E-state index contributed by atoms with van der Waals surface area (Å²) in [7, 11) is 0. The molecule has 1 fully saturated rings. The number of aliphatic hydroxyl groups excluding tert-OH is 1. The van der Waals surface area contributed by atoms with Gasteiger partial charge in [-0.25, -0.2) is 0 Å². The second-order valence-corrected chi connectivity index (χ2v) is 3.61. The number of anilines is 3. The number of nitrogen functional groups attached to an aromatic ring is 2. The Bertz CT molecular complexity index is 353. The molecule has 0 bridgehead atoms. The van der Waals surface area contributed by atoms with E-state index in [0.29, 0.717) is 31.4 Å². The number of aliphatic hydroxyl groups is 1. The van der Waals surface area contributed by atoms with E-state index in [-0.39, 0.29) is 18.6 Å². The van der Waals surface area contributed by atoms with Crippen molar-refractivity contribution in [2.45, 2.75) is 6.04 Å². The number of hydrogen-bond donors (Lipinski definition) is 3. The van der Waals surface area contributed by atoms with E-state index in [9.17, 15) is 5.11 Å². The van der Waals surface area contributed by atoms with Crippen molar-refractivity contribution in [3.63, 3.8) is 0 Å². The molecule has 0 aliphatic carbocycles. The van der Waals surface area contributed by atoms with Gasteiger partial charge in [0.25, 0.3) is 0 Å². The maximum atomic E-state index is 9.23. The maximum absolute atomic E-state index is 9.23. The van der Waals surface area contributed by atoms with Gasteiger partial charge >= 0.3 is 0 Å². The third-order valence-corrected chi connectivity index (χ3v) is 2.48. The highest BCUT2D eigenvalue weighted by Gasteiger charge is 2.24. The van der Waals surface area contributed by atoms with Crippen molar-refractivity contribution in [2.75, 3.05) is 42.7 Å². The number of morpholine rings is 1. The third-order valence-electron chi connectivity index (χ3n) is 2.48. The van der Waals surface area contributed by atoms with Gasteiger partial charge in [-0.2, -0.15) is 9.97 Å². The average molecular weight is 225 g/mol. The molecule has 5 N–H and O–H groups in total. The quantitative estimate of drug-likeness (QED) is 0.582. The SMILES string of the molecule is Nc1cc(N2CCOCC2CO)nc(N)n1. The predicted octanol–water partition coefficient (Wildman–Crippen LogP) is -1.16. The Labute approximate surface area is 93.0 Å². The van der Waals surface area contributed by atoms with E-state index in [0.717, 1.165) is 0 Å². The zero-order valence-electron chi connectivity index (χ0n) is 8.83. The molecule has 1 aliphatic heterocycles. The second kappa shape index (κ2) is 4.50. The van der Waals surface area contributed by atoms with Crippen molar-refractivity contribution in [1.29, 1.82) is 0 Å². The van der Waals surface area contributed by atoms with Crippen LogP contribution in [0.1, 0.15) is 0 Å². The standard InChI is InChI=1S/C9H15N5O2/c10-7-3-8(13-9(11)12-7)14-1-2-16-5-6(14)4-15/h3,6,15H,1-2,4-5H2,(H4,10,11,12,13). The van der Waals surface area contributed by atoms with Gasteiger partial charge < -0.3 is 26.2 Å². The fourth-order valence-corrected chi connectivity index (χ4v) is 1.73. The number of aromatic nitrogens is 2. The third kappa shape index (κ3) is 2.15. The van der Waals surface area contributed by atoms with Gasteiger partial charge in [0.1, 0.15) is 11.6 Å². The normalized spacial score (nSPS) is 21.1. The highest BCUT2D eigenvalue weighted by atomic mass is 16.5. The zero-order valence-corrected chi connectivity index (χ0v) is 8.83. The van der Waals surface area contributed by atoms with Gasteiger partial charge in [0.05, 0.1) is 25.9 Å². The van der Waals surface area contributed by atoms with Crippen LogP contribution in [-0.4, -0.2) is 47.5 Å². The lowest BCUT2D eigenvalue weighted by atomic mass is 10.2. The van der Waals surface area contributed by atoms with E-state index in [1.807, 2.05) is 4.90 Å². The lowest BCUT2D eigenvalue weighted by Crippen LogP contribution is -2.48. The fourth-order valence-electron chi connectivity index (χ4n) is 1.73. The first-order chi connectivity index (χ1) is 7.70. The Hall–Kier alpha value is -1.60. The first-order valence-electron chi connectivity index (χ1n) is 5.06. The van der Waals surface area contributed by atoms with E-state index < -0.39 is 0 Å². The lowest BCUT2D eigenvalue weighted by Gasteiger charge is -2.35. The average Bonchev–Trinajstić information content (AvgIpc) is 2.27. The molecule has 1 saturated heterocycles. The first-order valence-corrected chi connectivity index (χ1v) is 5.06. The molecule has 0 amide bonds. The summed E-state index contributed by atoms with van der Waals surface area (Å²) in [5, 5.41) is 9.23. The van der Waals surface area contributed by atoms with Crippen LogP contribution in [0.25, 0.3) is 0 Å². The summed E-state index contributed by atoms with van der Waals surface area (Å²) in [6, 6.07) is 1.53. The van der Waals surface area contributed by atoms with Gasteiger partial charge in [0.2, 0.25) is 5.95 Å². The van der Waals surface area contributed by atoms with E-state index in [1.165, 1.54) is 0 Å². The molecule has 0 radical (unpaired) electrons. The number of hydrogen-bond acceptors (Lipinski definition) is 7. The first kappa shape index (κ1) is 10.9. The van der Waals surface area contributed by atoms with E-state index in [2.05, 4.69) is 9.97 Å². The Kier molecular flexibility index (Phi) is 3.07. The monoisotopic (exact) mass is 225 g/mol. The number of nitrogens with zero attached hydrogens (tertiary/aromatic N) is 3. The van der Waals surface area contributed by atoms with Crippen molar-refractivity contribution in [1.82, 2.24) is 9.97 Å². The van der Waals surface area contributed by atoms with Crippen LogP contribution in [-0.2, 0) is 4.74 Å². The molecule has 1 aromatic heterocycles. The molecule has 0 saturated carbocycles. The molecule has 1 atom stereocenters. The van der Waals surface area contributed by atoms with Gasteiger partial charge in [0, 0.05) is 12.6 Å². The molecule has 16 heavy (non-hydrogen) atoms. The number of nitrogens with two attached hydrogens (primary N) is 2. The summed E-state index contributed by atoms with van der Waals surface area (Å²) < 4.78 is 5.28. The number of rotatable bonds is 2. The molecule has 1 unspecified atom stereocenters. The van der Waals surface area contributed by atoms with Crippen LogP contribution in [0.15, 0.2) is 6.07 Å². The van der Waals surface area contributed by atoms with E-state index in [4.69, 9.17) is 16.2 Å².